The van der Waals surface area contributed by atoms with E-state index in [9.17, 15) is 9.59 Å². The van der Waals surface area contributed by atoms with Crippen LogP contribution in [0.3, 0.4) is 0 Å². The van der Waals surface area contributed by atoms with Crippen molar-refractivity contribution in [3.63, 3.8) is 0 Å². The zero-order chi connectivity index (χ0) is 30.6. The molecule has 2 aromatic carbocycles. The minimum Gasteiger partial charge on any atom is -0.322 e. The standard InChI is InChI=1S/C31H33ClN10O2/c1-38-14-16-40(17-15-38)13-7-12-27(43)34-23-8-6-11-25(18-23)42-29-22(20-41(31(42)44)24-9-4-3-5-10-24)19-33-30(36-29)35-26-21-39(2)37-28(26)32/h3-12,18-19,21H,13-17,20H2,1-2H3,(H,34,43)(H,33,35,36)/b12-7+. The zero-order valence-corrected chi connectivity index (χ0v) is 25.3. The van der Waals surface area contributed by atoms with Gasteiger partial charge in [-0.2, -0.15) is 10.1 Å². The van der Waals surface area contributed by atoms with E-state index in [4.69, 9.17) is 16.6 Å². The van der Waals surface area contributed by atoms with E-state index >= 15 is 0 Å². The number of likely N-dealkylation sites (N-methyl/N-ethyl adjacent to an activating group) is 1. The van der Waals surface area contributed by atoms with Crippen molar-refractivity contribution >= 4 is 58.1 Å². The van der Waals surface area contributed by atoms with Crippen LogP contribution in [0.15, 0.2) is 79.1 Å². The van der Waals surface area contributed by atoms with Crippen LogP contribution in [0.4, 0.5) is 39.3 Å². The number of fused-ring (bicyclic) bond motifs is 1. The fourth-order valence-corrected chi connectivity index (χ4v) is 5.38. The van der Waals surface area contributed by atoms with Gasteiger partial charge in [0.2, 0.25) is 11.9 Å². The number of amides is 3. The largest absolute Gasteiger partial charge is 0.335 e. The Morgan fingerprint density at radius 2 is 1.80 bits per heavy atom. The molecular formula is C31H33ClN10O2. The van der Waals surface area contributed by atoms with E-state index in [1.54, 1.807) is 53.3 Å². The molecule has 0 spiro atoms. The smallest absolute Gasteiger partial charge is 0.322 e. The van der Waals surface area contributed by atoms with Gasteiger partial charge in [0.15, 0.2) is 11.0 Å². The van der Waals surface area contributed by atoms with Gasteiger partial charge in [-0.15, -0.1) is 0 Å². The van der Waals surface area contributed by atoms with Crippen LogP contribution >= 0.6 is 11.6 Å². The number of urea groups is 1. The predicted octanol–water partition coefficient (Wildman–Crippen LogP) is 4.63. The maximum atomic E-state index is 14.1. The average molecular weight is 613 g/mol. The van der Waals surface area contributed by atoms with Gasteiger partial charge in [0.05, 0.1) is 17.9 Å². The Hall–Kier alpha value is -4.78. The van der Waals surface area contributed by atoms with Gasteiger partial charge in [0.25, 0.3) is 0 Å². The summed E-state index contributed by atoms with van der Waals surface area (Å²) in [6.45, 7) is 5.00. The summed E-state index contributed by atoms with van der Waals surface area (Å²) >= 11 is 6.24. The molecule has 0 unspecified atom stereocenters. The number of carbonyl (C=O) groups is 2. The van der Waals surface area contributed by atoms with Crippen LogP contribution in [0.25, 0.3) is 0 Å². The summed E-state index contributed by atoms with van der Waals surface area (Å²) in [6, 6.07) is 16.3. The van der Waals surface area contributed by atoms with Crippen molar-refractivity contribution in [1.29, 1.82) is 0 Å². The van der Waals surface area contributed by atoms with Gasteiger partial charge in [0, 0.05) is 75.2 Å². The topological polar surface area (TPSA) is 115 Å². The minimum absolute atomic E-state index is 0.241. The Morgan fingerprint density at radius 3 is 2.55 bits per heavy atom. The maximum Gasteiger partial charge on any atom is 0.335 e. The van der Waals surface area contributed by atoms with Crippen molar-refractivity contribution in [3.05, 3.63) is 89.9 Å². The highest BCUT2D eigenvalue weighted by atomic mass is 35.5. The summed E-state index contributed by atoms with van der Waals surface area (Å²) in [5.41, 5.74) is 3.13. The van der Waals surface area contributed by atoms with Crippen molar-refractivity contribution in [2.45, 2.75) is 6.54 Å². The molecule has 12 nitrogen and oxygen atoms in total. The molecule has 1 fully saturated rings. The molecule has 2 aliphatic rings. The summed E-state index contributed by atoms with van der Waals surface area (Å²) < 4.78 is 1.58. The Balaban J connectivity index is 1.26. The average Bonchev–Trinajstić information content (AvgIpc) is 3.34. The summed E-state index contributed by atoms with van der Waals surface area (Å²) in [7, 11) is 3.88. The molecule has 2 N–H and O–H groups in total. The third-order valence-electron chi connectivity index (χ3n) is 7.50. The van der Waals surface area contributed by atoms with Gasteiger partial charge in [-0.05, 0) is 37.4 Å². The second kappa shape index (κ2) is 12.8. The molecule has 226 valence electrons. The van der Waals surface area contributed by atoms with E-state index in [-0.39, 0.29) is 29.6 Å². The normalized spacial score (nSPS) is 15.9. The van der Waals surface area contributed by atoms with Crippen molar-refractivity contribution in [1.82, 2.24) is 29.5 Å². The minimum atomic E-state index is -0.289. The van der Waals surface area contributed by atoms with Crippen LogP contribution in [0.2, 0.25) is 5.15 Å². The van der Waals surface area contributed by atoms with E-state index in [1.165, 1.54) is 4.90 Å². The van der Waals surface area contributed by atoms with Crippen LogP contribution in [-0.4, -0.2) is 81.3 Å². The zero-order valence-electron chi connectivity index (χ0n) is 24.5. The number of halogens is 1. The molecule has 1 saturated heterocycles. The van der Waals surface area contributed by atoms with Gasteiger partial charge in [-0.3, -0.25) is 19.3 Å². The second-order valence-electron chi connectivity index (χ2n) is 10.8. The molecule has 0 atom stereocenters. The van der Waals surface area contributed by atoms with Gasteiger partial charge in [-0.1, -0.05) is 41.9 Å². The molecule has 4 aromatic rings. The lowest BCUT2D eigenvalue weighted by Gasteiger charge is -2.36. The highest BCUT2D eigenvalue weighted by Gasteiger charge is 2.34. The third-order valence-corrected chi connectivity index (χ3v) is 7.78. The predicted molar refractivity (Wildman–Crippen MR) is 172 cm³/mol. The quantitative estimate of drug-likeness (QED) is 0.277. The first-order chi connectivity index (χ1) is 21.3. The number of aryl methyl sites for hydroxylation is 1. The lowest BCUT2D eigenvalue weighted by atomic mass is 10.1. The summed E-state index contributed by atoms with van der Waals surface area (Å²) in [4.78, 5) is 43.9. The van der Waals surface area contributed by atoms with Crippen LogP contribution in [0.5, 0.6) is 0 Å². The molecule has 0 saturated carbocycles. The molecule has 44 heavy (non-hydrogen) atoms. The molecule has 13 heteroatoms. The second-order valence-corrected chi connectivity index (χ2v) is 11.1. The van der Waals surface area contributed by atoms with Gasteiger partial charge in [-0.25, -0.2) is 14.7 Å². The highest BCUT2D eigenvalue weighted by Crippen LogP contribution is 2.37. The van der Waals surface area contributed by atoms with Crippen molar-refractivity contribution in [3.8, 4) is 0 Å². The number of hydrogen-bond acceptors (Lipinski definition) is 8. The van der Waals surface area contributed by atoms with Gasteiger partial charge < -0.3 is 15.5 Å². The van der Waals surface area contributed by atoms with Crippen LogP contribution in [-0.2, 0) is 18.4 Å². The van der Waals surface area contributed by atoms with Gasteiger partial charge >= 0.3 is 6.03 Å². The summed E-state index contributed by atoms with van der Waals surface area (Å²) in [5, 5.41) is 10.4. The van der Waals surface area contributed by atoms with Crippen LogP contribution in [0, 0.1) is 0 Å². The lowest BCUT2D eigenvalue weighted by molar-refractivity contribution is -0.111. The van der Waals surface area contributed by atoms with E-state index in [0.29, 0.717) is 22.9 Å². The molecule has 0 bridgehead atoms. The number of anilines is 6. The number of piperazine rings is 1. The monoisotopic (exact) mass is 612 g/mol. The number of hydrogen-bond donors (Lipinski definition) is 2. The Labute approximate surface area is 260 Å². The first-order valence-electron chi connectivity index (χ1n) is 14.3. The number of carbonyl (C=O) groups excluding carboxylic acids is 2. The van der Waals surface area contributed by atoms with E-state index in [0.717, 1.165) is 44.0 Å². The van der Waals surface area contributed by atoms with E-state index < -0.39 is 0 Å². The molecule has 3 amide bonds. The molecular weight excluding hydrogens is 580 g/mol. The van der Waals surface area contributed by atoms with Crippen molar-refractivity contribution in [2.75, 3.05) is 60.2 Å². The number of nitrogens with zero attached hydrogens (tertiary/aromatic N) is 8. The first-order valence-corrected chi connectivity index (χ1v) is 14.7. The van der Waals surface area contributed by atoms with Crippen LogP contribution in [0.1, 0.15) is 5.56 Å². The molecule has 4 heterocycles. The third kappa shape index (κ3) is 6.57. The fraction of sp³-hybridized carbons (Fsp3) is 0.258. The fourth-order valence-electron chi connectivity index (χ4n) is 5.17. The van der Waals surface area contributed by atoms with Gasteiger partial charge in [0.1, 0.15) is 0 Å². The first kappa shape index (κ1) is 29.3. The van der Waals surface area contributed by atoms with Crippen molar-refractivity contribution < 1.29 is 9.59 Å². The molecule has 2 aliphatic heterocycles. The SMILES string of the molecule is CN1CCN(C/C=C/C(=O)Nc2cccc(N3C(=O)N(c4ccccc4)Cc4cnc(Nc5cn(C)nc5Cl)nc43)c2)CC1. The summed E-state index contributed by atoms with van der Waals surface area (Å²) in [6.07, 6.45) is 6.85. The highest BCUT2D eigenvalue weighted by molar-refractivity contribution is 6.32. The Kier molecular flexibility index (Phi) is 8.55. The summed E-state index contributed by atoms with van der Waals surface area (Å²) in [5.74, 6) is 0.449. The van der Waals surface area contributed by atoms with E-state index in [2.05, 4.69) is 37.6 Å². The number of rotatable bonds is 8. The molecule has 2 aromatic heterocycles. The van der Waals surface area contributed by atoms with Crippen LogP contribution < -0.4 is 20.4 Å². The number of benzene rings is 2. The molecule has 6 rings (SSSR count). The number of nitrogens with one attached hydrogen (secondary N) is 2. The number of aromatic nitrogens is 4. The maximum absolute atomic E-state index is 14.1. The lowest BCUT2D eigenvalue weighted by Crippen LogP contribution is -2.45. The van der Waals surface area contributed by atoms with E-state index in [1.807, 2.05) is 42.5 Å². The molecule has 0 radical (unpaired) electrons. The number of para-hydroxylation sites is 1. The Morgan fingerprint density at radius 1 is 1.02 bits per heavy atom. The van der Waals surface area contributed by atoms with Crippen molar-refractivity contribution in [2.24, 2.45) is 7.05 Å². The molecule has 0 aliphatic carbocycles. The Bertz CT molecular complexity index is 1680.